The lowest BCUT2D eigenvalue weighted by Gasteiger charge is -2.10. The smallest absolute Gasteiger partial charge is 0.0472 e. The molecule has 2 heteroatoms. The molecule has 1 heterocycles. The normalized spacial score (nSPS) is 32.0. The van der Waals surface area contributed by atoms with Gasteiger partial charge in [-0.1, -0.05) is 18.2 Å². The maximum Gasteiger partial charge on any atom is 0.0472 e. The first-order valence-electron chi connectivity index (χ1n) is 3.31. The summed E-state index contributed by atoms with van der Waals surface area (Å²) < 4.78 is 0. The van der Waals surface area contributed by atoms with Crippen LogP contribution in [0, 0.1) is 0 Å². The summed E-state index contributed by atoms with van der Waals surface area (Å²) >= 11 is 0. The van der Waals surface area contributed by atoms with E-state index in [4.69, 9.17) is 0 Å². The second-order valence-corrected chi connectivity index (χ2v) is 2.46. The first-order chi connectivity index (χ1) is 4.47. The van der Waals surface area contributed by atoms with Crippen LogP contribution in [0.25, 0.3) is 0 Å². The van der Waals surface area contributed by atoms with E-state index in [-0.39, 0.29) is 0 Å². The summed E-state index contributed by atoms with van der Waals surface area (Å²) in [5.74, 6) is 0. The van der Waals surface area contributed by atoms with Crippen molar-refractivity contribution in [3.63, 3.8) is 0 Å². The van der Waals surface area contributed by atoms with Crippen LogP contribution in [0.5, 0.6) is 0 Å². The van der Waals surface area contributed by atoms with Gasteiger partial charge in [0.1, 0.15) is 0 Å². The van der Waals surface area contributed by atoms with Gasteiger partial charge in [-0.2, -0.15) is 0 Å². The molecule has 48 valence electrons. The lowest BCUT2D eigenvalue weighted by atomic mass is 10.0. The van der Waals surface area contributed by atoms with Crippen LogP contribution >= 0.6 is 0 Å². The highest BCUT2D eigenvalue weighted by atomic mass is 15.4. The minimum atomic E-state index is 0.579. The third-order valence-electron chi connectivity index (χ3n) is 1.83. The Balaban J connectivity index is 2.23. The summed E-state index contributed by atoms with van der Waals surface area (Å²) in [6.45, 7) is 1.01. The van der Waals surface area contributed by atoms with E-state index in [1.54, 1.807) is 0 Å². The fourth-order valence-corrected chi connectivity index (χ4v) is 1.28. The highest BCUT2D eigenvalue weighted by molar-refractivity contribution is 5.26. The molecule has 0 saturated carbocycles. The molecule has 1 unspecified atom stereocenters. The van der Waals surface area contributed by atoms with E-state index >= 15 is 0 Å². The average molecular weight is 122 g/mol. The van der Waals surface area contributed by atoms with Gasteiger partial charge in [0.15, 0.2) is 0 Å². The van der Waals surface area contributed by atoms with E-state index in [2.05, 4.69) is 29.1 Å². The summed E-state index contributed by atoms with van der Waals surface area (Å²) in [4.78, 5) is 0. The van der Waals surface area contributed by atoms with E-state index in [0.717, 1.165) is 13.0 Å². The van der Waals surface area contributed by atoms with Crippen molar-refractivity contribution in [2.75, 3.05) is 6.54 Å². The molecule has 1 atom stereocenters. The Morgan fingerprint density at radius 1 is 1.56 bits per heavy atom. The van der Waals surface area contributed by atoms with Crippen molar-refractivity contribution in [3.8, 4) is 0 Å². The van der Waals surface area contributed by atoms with E-state index in [0.29, 0.717) is 6.04 Å². The Kier molecular flexibility index (Phi) is 1.14. The summed E-state index contributed by atoms with van der Waals surface area (Å²) in [5, 5.41) is 0. The number of fused-ring (bicyclic) bond motifs is 1. The van der Waals surface area contributed by atoms with E-state index in [9.17, 15) is 0 Å². The summed E-state index contributed by atoms with van der Waals surface area (Å²) in [5.41, 5.74) is 7.78. The number of hydrogen-bond acceptors (Lipinski definition) is 2. The van der Waals surface area contributed by atoms with Crippen molar-refractivity contribution < 1.29 is 0 Å². The van der Waals surface area contributed by atoms with Crippen LogP contribution in [0.15, 0.2) is 23.8 Å². The van der Waals surface area contributed by atoms with Crippen molar-refractivity contribution in [2.24, 2.45) is 0 Å². The molecule has 2 aliphatic rings. The minimum absolute atomic E-state index is 0.579. The molecular formula is C7H10N2. The Morgan fingerprint density at radius 2 is 2.56 bits per heavy atom. The summed E-state index contributed by atoms with van der Waals surface area (Å²) in [6.07, 6.45) is 7.63. The maximum atomic E-state index is 3.19. The number of hydrazine groups is 1. The quantitative estimate of drug-likeness (QED) is 0.484. The van der Waals surface area contributed by atoms with Crippen LogP contribution in [0.3, 0.4) is 0 Å². The predicted molar refractivity (Wildman–Crippen MR) is 36.8 cm³/mol. The molecule has 0 radical (unpaired) electrons. The highest BCUT2D eigenvalue weighted by Crippen LogP contribution is 2.14. The van der Waals surface area contributed by atoms with Gasteiger partial charge in [0.2, 0.25) is 0 Å². The van der Waals surface area contributed by atoms with Crippen molar-refractivity contribution in [3.05, 3.63) is 23.8 Å². The van der Waals surface area contributed by atoms with E-state index in [1.807, 2.05) is 0 Å². The largest absolute Gasteiger partial charge is 0.253 e. The van der Waals surface area contributed by atoms with Crippen molar-refractivity contribution in [1.29, 1.82) is 0 Å². The van der Waals surface area contributed by atoms with E-state index in [1.165, 1.54) is 5.57 Å². The van der Waals surface area contributed by atoms with Gasteiger partial charge in [-0.05, 0) is 12.0 Å². The lowest BCUT2D eigenvalue weighted by Crippen LogP contribution is -2.29. The van der Waals surface area contributed by atoms with Crippen molar-refractivity contribution in [2.45, 2.75) is 12.5 Å². The second kappa shape index (κ2) is 1.97. The lowest BCUT2D eigenvalue weighted by molar-refractivity contribution is 0.580. The minimum Gasteiger partial charge on any atom is -0.253 e. The summed E-state index contributed by atoms with van der Waals surface area (Å²) in [7, 11) is 0. The maximum absolute atomic E-state index is 3.19. The van der Waals surface area contributed by atoms with Crippen LogP contribution in [0.4, 0.5) is 0 Å². The monoisotopic (exact) mass is 122 g/mol. The van der Waals surface area contributed by atoms with Crippen LogP contribution in [0.1, 0.15) is 6.42 Å². The highest BCUT2D eigenvalue weighted by Gasteiger charge is 2.18. The molecule has 2 rings (SSSR count). The van der Waals surface area contributed by atoms with Gasteiger partial charge >= 0.3 is 0 Å². The van der Waals surface area contributed by atoms with Crippen LogP contribution in [-0.2, 0) is 0 Å². The number of nitrogens with one attached hydrogen (secondary N) is 2. The molecule has 1 aliphatic heterocycles. The first kappa shape index (κ1) is 5.21. The third-order valence-corrected chi connectivity index (χ3v) is 1.83. The van der Waals surface area contributed by atoms with Crippen LogP contribution in [-0.4, -0.2) is 12.6 Å². The SMILES string of the molecule is C1=CCC2NNCC2=C1. The Hall–Kier alpha value is -0.600. The van der Waals surface area contributed by atoms with Gasteiger partial charge in [0.25, 0.3) is 0 Å². The third kappa shape index (κ3) is 0.802. The fraction of sp³-hybridized carbons (Fsp3) is 0.429. The van der Waals surface area contributed by atoms with Gasteiger partial charge in [-0.25, -0.2) is 5.43 Å². The molecule has 1 aliphatic carbocycles. The molecule has 0 spiro atoms. The van der Waals surface area contributed by atoms with E-state index < -0.39 is 0 Å². The second-order valence-electron chi connectivity index (χ2n) is 2.46. The zero-order chi connectivity index (χ0) is 6.10. The Labute approximate surface area is 54.6 Å². The molecule has 1 saturated heterocycles. The molecule has 1 fully saturated rings. The number of allylic oxidation sites excluding steroid dienone is 2. The molecule has 2 nitrogen and oxygen atoms in total. The number of rotatable bonds is 0. The molecule has 0 aromatic heterocycles. The average Bonchev–Trinajstić information content (AvgIpc) is 2.33. The zero-order valence-corrected chi connectivity index (χ0v) is 5.22. The fourth-order valence-electron chi connectivity index (χ4n) is 1.28. The molecule has 0 amide bonds. The molecule has 2 N–H and O–H groups in total. The molecule has 0 aromatic carbocycles. The van der Waals surface area contributed by atoms with Gasteiger partial charge < -0.3 is 0 Å². The van der Waals surface area contributed by atoms with Crippen LogP contribution in [0.2, 0.25) is 0 Å². The zero-order valence-electron chi connectivity index (χ0n) is 5.22. The van der Waals surface area contributed by atoms with Crippen LogP contribution < -0.4 is 10.9 Å². The first-order valence-corrected chi connectivity index (χ1v) is 3.31. The molecule has 0 bridgehead atoms. The Morgan fingerprint density at radius 3 is 3.44 bits per heavy atom. The van der Waals surface area contributed by atoms with Gasteiger partial charge in [-0.3, -0.25) is 5.43 Å². The van der Waals surface area contributed by atoms with Gasteiger partial charge in [0.05, 0.1) is 0 Å². The summed E-state index contributed by atoms with van der Waals surface area (Å²) in [6, 6.07) is 0.579. The predicted octanol–water partition coefficient (Wildman–Crippen LogP) is 0.349. The van der Waals surface area contributed by atoms with Gasteiger partial charge in [-0.15, -0.1) is 0 Å². The van der Waals surface area contributed by atoms with Gasteiger partial charge in [0, 0.05) is 12.6 Å². The molecular weight excluding hydrogens is 112 g/mol. The van der Waals surface area contributed by atoms with Crippen molar-refractivity contribution in [1.82, 2.24) is 10.9 Å². The molecule has 0 aromatic rings. The molecule has 9 heavy (non-hydrogen) atoms. The number of hydrogen-bond donors (Lipinski definition) is 2. The topological polar surface area (TPSA) is 24.1 Å². The standard InChI is InChI=1S/C7H10N2/c1-2-4-7-6(3-1)5-8-9-7/h1-3,7-9H,4-5H2. The Bertz CT molecular complexity index is 170. The van der Waals surface area contributed by atoms with Crippen molar-refractivity contribution >= 4 is 0 Å².